The highest BCUT2D eigenvalue weighted by molar-refractivity contribution is 8.02. The number of nitrogens with one attached hydrogen (secondary N) is 1. The van der Waals surface area contributed by atoms with Crippen molar-refractivity contribution in [1.29, 1.82) is 5.41 Å². The van der Waals surface area contributed by atoms with Crippen LogP contribution in [0.3, 0.4) is 0 Å². The van der Waals surface area contributed by atoms with Crippen molar-refractivity contribution < 1.29 is 0 Å². The maximum Gasteiger partial charge on any atom is 0.0913 e. The lowest BCUT2D eigenvalue weighted by atomic mass is 10.5. The van der Waals surface area contributed by atoms with Gasteiger partial charge in [-0.1, -0.05) is 0 Å². The van der Waals surface area contributed by atoms with Crippen molar-refractivity contribution in [2.45, 2.75) is 6.42 Å². The van der Waals surface area contributed by atoms with Crippen LogP contribution in [-0.4, -0.2) is 29.3 Å². The Morgan fingerprint density at radius 3 is 2.60 bits per heavy atom. The molecule has 60 valence electrons. The molecule has 0 aromatic heterocycles. The van der Waals surface area contributed by atoms with Crippen LogP contribution in [0.5, 0.6) is 0 Å². The first kappa shape index (κ1) is 10.2. The second-order valence-electron chi connectivity index (χ2n) is 1.88. The molecule has 0 rings (SSSR count). The molecule has 10 heavy (non-hydrogen) atoms. The number of thioether (sulfide) groups is 2. The van der Waals surface area contributed by atoms with E-state index in [0.717, 1.165) is 12.2 Å². The fourth-order valence-corrected chi connectivity index (χ4v) is 2.13. The summed E-state index contributed by atoms with van der Waals surface area (Å²) < 4.78 is 0. The SMILES string of the molecule is CSCCSCCC(=N)N. The minimum Gasteiger partial charge on any atom is -0.388 e. The number of rotatable bonds is 6. The fourth-order valence-electron chi connectivity index (χ4n) is 0.426. The third kappa shape index (κ3) is 8.17. The van der Waals surface area contributed by atoms with Crippen LogP contribution in [0, 0.1) is 5.41 Å². The summed E-state index contributed by atoms with van der Waals surface area (Å²) in [4.78, 5) is 0. The summed E-state index contributed by atoms with van der Waals surface area (Å²) in [7, 11) is 0. The van der Waals surface area contributed by atoms with Crippen LogP contribution in [0.1, 0.15) is 6.42 Å². The van der Waals surface area contributed by atoms with Gasteiger partial charge in [0.1, 0.15) is 0 Å². The molecule has 0 unspecified atom stereocenters. The first-order valence-corrected chi connectivity index (χ1v) is 5.72. The quantitative estimate of drug-likeness (QED) is 0.367. The maximum atomic E-state index is 6.93. The lowest BCUT2D eigenvalue weighted by Crippen LogP contribution is -2.10. The zero-order valence-corrected chi connectivity index (χ0v) is 7.86. The smallest absolute Gasteiger partial charge is 0.0913 e. The summed E-state index contributed by atoms with van der Waals surface area (Å²) in [5.41, 5.74) is 5.17. The average Bonchev–Trinajstić information content (AvgIpc) is 1.87. The zero-order valence-electron chi connectivity index (χ0n) is 6.22. The molecule has 0 heterocycles. The maximum absolute atomic E-state index is 6.93. The van der Waals surface area contributed by atoms with E-state index in [1.165, 1.54) is 11.5 Å². The molecule has 0 saturated heterocycles. The molecule has 0 atom stereocenters. The molecule has 0 aliphatic heterocycles. The molecule has 4 heteroatoms. The second-order valence-corrected chi connectivity index (χ2v) is 4.09. The van der Waals surface area contributed by atoms with Crippen molar-refractivity contribution in [2.75, 3.05) is 23.5 Å². The summed E-state index contributed by atoms with van der Waals surface area (Å²) in [6.45, 7) is 0. The summed E-state index contributed by atoms with van der Waals surface area (Å²) >= 11 is 3.72. The highest BCUT2D eigenvalue weighted by Crippen LogP contribution is 2.04. The molecule has 0 amide bonds. The molecule has 0 aliphatic carbocycles. The molecule has 0 spiro atoms. The number of nitrogens with two attached hydrogens (primary N) is 1. The number of amidine groups is 1. The van der Waals surface area contributed by atoms with Gasteiger partial charge in [-0.15, -0.1) is 0 Å². The Hall–Kier alpha value is 0.170. The van der Waals surface area contributed by atoms with E-state index >= 15 is 0 Å². The largest absolute Gasteiger partial charge is 0.388 e. The minimum absolute atomic E-state index is 0.302. The van der Waals surface area contributed by atoms with E-state index in [9.17, 15) is 0 Å². The Bertz CT molecular complexity index is 95.7. The monoisotopic (exact) mass is 178 g/mol. The zero-order chi connectivity index (χ0) is 7.82. The third-order valence-corrected chi connectivity index (χ3v) is 2.80. The van der Waals surface area contributed by atoms with Crippen LogP contribution in [0.25, 0.3) is 0 Å². The Morgan fingerprint density at radius 2 is 2.10 bits per heavy atom. The molecule has 0 fully saturated rings. The van der Waals surface area contributed by atoms with E-state index in [-0.39, 0.29) is 0 Å². The third-order valence-electron chi connectivity index (χ3n) is 0.948. The van der Waals surface area contributed by atoms with Crippen LogP contribution < -0.4 is 5.73 Å². The highest BCUT2D eigenvalue weighted by atomic mass is 32.2. The van der Waals surface area contributed by atoms with Crippen molar-refractivity contribution in [1.82, 2.24) is 0 Å². The van der Waals surface area contributed by atoms with E-state index in [1.807, 2.05) is 23.5 Å². The average molecular weight is 178 g/mol. The molecule has 0 bridgehead atoms. The van der Waals surface area contributed by atoms with E-state index < -0.39 is 0 Å². The van der Waals surface area contributed by atoms with Crippen molar-refractivity contribution in [3.63, 3.8) is 0 Å². The molecule has 3 N–H and O–H groups in total. The molecule has 2 nitrogen and oxygen atoms in total. The van der Waals surface area contributed by atoms with Gasteiger partial charge >= 0.3 is 0 Å². The summed E-state index contributed by atoms with van der Waals surface area (Å²) in [6.07, 6.45) is 2.84. The first-order valence-electron chi connectivity index (χ1n) is 3.17. The van der Waals surface area contributed by atoms with Crippen LogP contribution in [0.4, 0.5) is 0 Å². The van der Waals surface area contributed by atoms with Crippen molar-refractivity contribution >= 4 is 29.4 Å². The van der Waals surface area contributed by atoms with Crippen LogP contribution in [0.15, 0.2) is 0 Å². The van der Waals surface area contributed by atoms with Gasteiger partial charge in [-0.3, -0.25) is 5.41 Å². The van der Waals surface area contributed by atoms with E-state index in [4.69, 9.17) is 11.1 Å². The Kier molecular flexibility index (Phi) is 7.40. The van der Waals surface area contributed by atoms with Crippen molar-refractivity contribution in [3.05, 3.63) is 0 Å². The van der Waals surface area contributed by atoms with E-state index in [1.54, 1.807) is 0 Å². The molecule has 0 radical (unpaired) electrons. The lowest BCUT2D eigenvalue weighted by molar-refractivity contribution is 1.22. The van der Waals surface area contributed by atoms with Gasteiger partial charge in [0.05, 0.1) is 5.84 Å². The predicted octanol–water partition coefficient (Wildman–Crippen LogP) is 1.41. The first-order chi connectivity index (χ1) is 4.77. The predicted molar refractivity (Wildman–Crippen MR) is 52.2 cm³/mol. The lowest BCUT2D eigenvalue weighted by Gasteiger charge is -1.97. The van der Waals surface area contributed by atoms with Crippen molar-refractivity contribution in [2.24, 2.45) is 5.73 Å². The van der Waals surface area contributed by atoms with Gasteiger partial charge in [-0.2, -0.15) is 23.5 Å². The van der Waals surface area contributed by atoms with Crippen LogP contribution >= 0.6 is 23.5 Å². The van der Waals surface area contributed by atoms with Gasteiger partial charge in [0.15, 0.2) is 0 Å². The number of hydrogen-bond acceptors (Lipinski definition) is 3. The van der Waals surface area contributed by atoms with Crippen LogP contribution in [0.2, 0.25) is 0 Å². The molecule has 0 aliphatic rings. The standard InChI is InChI=1S/C6H14N2S2/c1-9-4-5-10-3-2-6(7)8/h2-5H2,1H3,(H3,7,8). The Morgan fingerprint density at radius 1 is 1.40 bits per heavy atom. The van der Waals surface area contributed by atoms with Crippen molar-refractivity contribution in [3.8, 4) is 0 Å². The molecule has 0 aromatic rings. The normalized spacial score (nSPS) is 9.70. The van der Waals surface area contributed by atoms with Gasteiger partial charge < -0.3 is 5.73 Å². The molecule has 0 aromatic carbocycles. The minimum atomic E-state index is 0.302. The molecule has 0 saturated carbocycles. The molecular formula is C6H14N2S2. The topological polar surface area (TPSA) is 49.9 Å². The second kappa shape index (κ2) is 7.28. The van der Waals surface area contributed by atoms with E-state index in [0.29, 0.717) is 5.84 Å². The van der Waals surface area contributed by atoms with E-state index in [2.05, 4.69) is 6.26 Å². The van der Waals surface area contributed by atoms with Gasteiger partial charge in [-0.05, 0) is 6.26 Å². The summed E-state index contributed by atoms with van der Waals surface area (Å²) in [6, 6.07) is 0. The van der Waals surface area contributed by atoms with Gasteiger partial charge in [0.25, 0.3) is 0 Å². The Balaban J connectivity index is 2.84. The van der Waals surface area contributed by atoms with Gasteiger partial charge in [0, 0.05) is 23.7 Å². The van der Waals surface area contributed by atoms with Gasteiger partial charge in [-0.25, -0.2) is 0 Å². The number of hydrogen-bond donors (Lipinski definition) is 2. The summed E-state index contributed by atoms with van der Waals surface area (Å²) in [5.74, 6) is 3.67. The summed E-state index contributed by atoms with van der Waals surface area (Å²) in [5, 5.41) is 6.93. The van der Waals surface area contributed by atoms with Gasteiger partial charge in [0.2, 0.25) is 0 Å². The Labute approximate surface area is 70.8 Å². The molecular weight excluding hydrogens is 164 g/mol. The van der Waals surface area contributed by atoms with Crippen LogP contribution in [-0.2, 0) is 0 Å². The fraction of sp³-hybridized carbons (Fsp3) is 0.833. The highest BCUT2D eigenvalue weighted by Gasteiger charge is 1.90.